The van der Waals surface area contributed by atoms with Crippen LogP contribution in [0.3, 0.4) is 0 Å². The molecule has 0 unspecified atom stereocenters. The van der Waals surface area contributed by atoms with Gasteiger partial charge in [-0.3, -0.25) is 0 Å². The average molecular weight is 214 g/mol. The molecule has 0 saturated heterocycles. The number of nitrogens with zero attached hydrogens (tertiary/aromatic N) is 1. The predicted octanol–water partition coefficient (Wildman–Crippen LogP) is 3.07. The number of aromatic nitrogens is 1. The molecule has 2 N–H and O–H groups in total. The summed E-state index contributed by atoms with van der Waals surface area (Å²) in [6.45, 7) is 3.98. The predicted molar refractivity (Wildman–Crippen MR) is 64.6 cm³/mol. The summed E-state index contributed by atoms with van der Waals surface area (Å²) >= 11 is 0. The lowest BCUT2D eigenvalue weighted by molar-refractivity contribution is 0.464. The van der Waals surface area contributed by atoms with Gasteiger partial charge in [0, 0.05) is 12.3 Å². The van der Waals surface area contributed by atoms with Crippen molar-refractivity contribution < 1.29 is 4.74 Å². The summed E-state index contributed by atoms with van der Waals surface area (Å²) in [6, 6.07) is 9.49. The van der Waals surface area contributed by atoms with Crippen LogP contribution in [0, 0.1) is 13.8 Å². The quantitative estimate of drug-likeness (QED) is 0.781. The number of hydrogen-bond donors (Lipinski definition) is 1. The van der Waals surface area contributed by atoms with E-state index in [-0.39, 0.29) is 0 Å². The van der Waals surface area contributed by atoms with Gasteiger partial charge in [-0.2, -0.15) is 0 Å². The molecule has 0 bridgehead atoms. The van der Waals surface area contributed by atoms with Gasteiger partial charge in [0.2, 0.25) is 5.88 Å². The average Bonchev–Trinajstić information content (AvgIpc) is 2.22. The van der Waals surface area contributed by atoms with E-state index in [9.17, 15) is 0 Å². The van der Waals surface area contributed by atoms with E-state index in [2.05, 4.69) is 4.98 Å². The highest BCUT2D eigenvalue weighted by molar-refractivity contribution is 5.55. The van der Waals surface area contributed by atoms with Gasteiger partial charge in [-0.15, -0.1) is 0 Å². The van der Waals surface area contributed by atoms with E-state index in [1.165, 1.54) is 0 Å². The van der Waals surface area contributed by atoms with E-state index < -0.39 is 0 Å². The molecular formula is C13H14N2O. The van der Waals surface area contributed by atoms with E-state index in [4.69, 9.17) is 10.5 Å². The lowest BCUT2D eigenvalue weighted by atomic mass is 10.2. The zero-order chi connectivity index (χ0) is 11.5. The van der Waals surface area contributed by atoms with Gasteiger partial charge in [0.15, 0.2) is 5.75 Å². The van der Waals surface area contributed by atoms with Crippen LogP contribution in [0.25, 0.3) is 0 Å². The van der Waals surface area contributed by atoms with E-state index in [0.29, 0.717) is 17.3 Å². The van der Waals surface area contributed by atoms with Crippen LogP contribution in [0.2, 0.25) is 0 Å². The van der Waals surface area contributed by atoms with Crippen molar-refractivity contribution in [2.75, 3.05) is 5.73 Å². The molecule has 0 aliphatic carbocycles. The number of nitrogens with two attached hydrogens (primary N) is 1. The van der Waals surface area contributed by atoms with Crippen molar-refractivity contribution >= 4 is 5.69 Å². The molecule has 0 saturated carbocycles. The highest BCUT2D eigenvalue weighted by Gasteiger charge is 2.03. The second-order valence-corrected chi connectivity index (χ2v) is 3.81. The van der Waals surface area contributed by atoms with Crippen molar-refractivity contribution in [3.05, 3.63) is 47.7 Å². The van der Waals surface area contributed by atoms with Crippen LogP contribution >= 0.6 is 0 Å². The van der Waals surface area contributed by atoms with Crippen LogP contribution in [0.15, 0.2) is 36.5 Å². The summed E-state index contributed by atoms with van der Waals surface area (Å²) in [5.74, 6) is 1.21. The molecule has 2 aromatic rings. The Hall–Kier alpha value is -2.03. The Morgan fingerprint density at radius 3 is 2.50 bits per heavy atom. The van der Waals surface area contributed by atoms with Gasteiger partial charge in [-0.25, -0.2) is 4.98 Å². The SMILES string of the molecule is Cc1ccnc(Oc2ccc(C)cc2N)c1. The van der Waals surface area contributed by atoms with Crippen molar-refractivity contribution in [3.8, 4) is 11.6 Å². The number of rotatable bonds is 2. The summed E-state index contributed by atoms with van der Waals surface area (Å²) in [6.07, 6.45) is 1.72. The fourth-order valence-corrected chi connectivity index (χ4v) is 1.44. The molecule has 1 heterocycles. The molecule has 0 radical (unpaired) electrons. The molecule has 1 aromatic carbocycles. The Morgan fingerprint density at radius 1 is 1.06 bits per heavy atom. The first-order valence-electron chi connectivity index (χ1n) is 5.12. The minimum absolute atomic E-state index is 0.565. The minimum Gasteiger partial charge on any atom is -0.437 e. The second-order valence-electron chi connectivity index (χ2n) is 3.81. The molecule has 0 amide bonds. The second kappa shape index (κ2) is 4.23. The third-order valence-corrected chi connectivity index (χ3v) is 2.27. The number of pyridine rings is 1. The van der Waals surface area contributed by atoms with Crippen molar-refractivity contribution in [3.63, 3.8) is 0 Å². The topological polar surface area (TPSA) is 48.1 Å². The molecule has 82 valence electrons. The first-order chi connectivity index (χ1) is 7.65. The van der Waals surface area contributed by atoms with Crippen LogP contribution in [0.1, 0.15) is 11.1 Å². The van der Waals surface area contributed by atoms with Gasteiger partial charge in [0.05, 0.1) is 5.69 Å². The third-order valence-electron chi connectivity index (χ3n) is 2.27. The molecule has 16 heavy (non-hydrogen) atoms. The van der Waals surface area contributed by atoms with E-state index in [1.54, 1.807) is 6.20 Å². The molecule has 3 heteroatoms. The Morgan fingerprint density at radius 2 is 1.81 bits per heavy atom. The summed E-state index contributed by atoms with van der Waals surface area (Å²) in [7, 11) is 0. The van der Waals surface area contributed by atoms with Gasteiger partial charge in [0.25, 0.3) is 0 Å². The zero-order valence-electron chi connectivity index (χ0n) is 9.40. The van der Waals surface area contributed by atoms with Crippen LogP contribution in [0.5, 0.6) is 11.6 Å². The van der Waals surface area contributed by atoms with Crippen molar-refractivity contribution in [1.82, 2.24) is 4.98 Å². The van der Waals surface area contributed by atoms with Crippen molar-refractivity contribution in [2.45, 2.75) is 13.8 Å². The number of hydrogen-bond acceptors (Lipinski definition) is 3. The summed E-state index contributed by atoms with van der Waals surface area (Å²) in [4.78, 5) is 4.12. The van der Waals surface area contributed by atoms with Gasteiger partial charge < -0.3 is 10.5 Å². The number of ether oxygens (including phenoxy) is 1. The van der Waals surface area contributed by atoms with E-state index >= 15 is 0 Å². The Balaban J connectivity index is 2.27. The van der Waals surface area contributed by atoms with Crippen molar-refractivity contribution in [1.29, 1.82) is 0 Å². The standard InChI is InChI=1S/C13H14N2O/c1-9-3-4-12(11(14)7-9)16-13-8-10(2)5-6-15-13/h3-8H,14H2,1-2H3. The van der Waals surface area contributed by atoms with Gasteiger partial charge >= 0.3 is 0 Å². The fraction of sp³-hybridized carbons (Fsp3) is 0.154. The molecule has 0 aliphatic rings. The lowest BCUT2D eigenvalue weighted by Gasteiger charge is -2.08. The Labute approximate surface area is 94.9 Å². The molecule has 0 aliphatic heterocycles. The first-order valence-corrected chi connectivity index (χ1v) is 5.12. The number of aryl methyl sites for hydroxylation is 2. The molecular weight excluding hydrogens is 200 g/mol. The molecule has 2 rings (SSSR count). The highest BCUT2D eigenvalue weighted by atomic mass is 16.5. The van der Waals surface area contributed by atoms with Crippen LogP contribution in [0.4, 0.5) is 5.69 Å². The highest BCUT2D eigenvalue weighted by Crippen LogP contribution is 2.26. The third kappa shape index (κ3) is 2.31. The monoisotopic (exact) mass is 214 g/mol. The fourth-order valence-electron chi connectivity index (χ4n) is 1.44. The summed E-state index contributed by atoms with van der Waals surface area (Å²) < 4.78 is 5.61. The van der Waals surface area contributed by atoms with Crippen LogP contribution in [-0.4, -0.2) is 4.98 Å². The van der Waals surface area contributed by atoms with Crippen molar-refractivity contribution in [2.24, 2.45) is 0 Å². The first kappa shape index (κ1) is 10.5. The van der Waals surface area contributed by atoms with E-state index in [1.807, 2.05) is 44.2 Å². The molecule has 0 fully saturated rings. The lowest BCUT2D eigenvalue weighted by Crippen LogP contribution is -1.94. The Bertz CT molecular complexity index is 509. The maximum atomic E-state index is 5.85. The normalized spacial score (nSPS) is 10.1. The molecule has 1 aromatic heterocycles. The van der Waals surface area contributed by atoms with Crippen LogP contribution in [-0.2, 0) is 0 Å². The molecule has 0 atom stereocenters. The number of anilines is 1. The zero-order valence-corrected chi connectivity index (χ0v) is 9.40. The van der Waals surface area contributed by atoms with E-state index in [0.717, 1.165) is 11.1 Å². The summed E-state index contributed by atoms with van der Waals surface area (Å²) in [5, 5.41) is 0. The maximum absolute atomic E-state index is 5.85. The molecule has 3 nitrogen and oxygen atoms in total. The summed E-state index contributed by atoms with van der Waals surface area (Å²) in [5.41, 5.74) is 8.70. The van der Waals surface area contributed by atoms with Gasteiger partial charge in [0.1, 0.15) is 0 Å². The smallest absolute Gasteiger partial charge is 0.219 e. The minimum atomic E-state index is 0.565. The van der Waals surface area contributed by atoms with Crippen LogP contribution < -0.4 is 10.5 Å². The molecule has 0 spiro atoms. The van der Waals surface area contributed by atoms with Gasteiger partial charge in [-0.05, 0) is 43.2 Å². The number of benzene rings is 1. The largest absolute Gasteiger partial charge is 0.437 e. The Kier molecular flexibility index (Phi) is 2.77. The maximum Gasteiger partial charge on any atom is 0.219 e. The van der Waals surface area contributed by atoms with Gasteiger partial charge in [-0.1, -0.05) is 6.07 Å². The number of nitrogen functional groups attached to an aromatic ring is 1.